The minimum absolute atomic E-state index is 0.424. The third-order valence-corrected chi connectivity index (χ3v) is 3.43. The second kappa shape index (κ2) is 5.46. The number of nitrogens with one attached hydrogen (secondary N) is 1. The van der Waals surface area contributed by atoms with Crippen LogP contribution < -0.4 is 10.5 Å². The van der Waals surface area contributed by atoms with Crippen LogP contribution in [-0.2, 0) is 0 Å². The predicted molar refractivity (Wildman–Crippen MR) is 83.2 cm³/mol. The minimum Gasteiger partial charge on any atom is -0.496 e. The average molecular weight is 301 g/mol. The first-order chi connectivity index (χ1) is 10.2. The zero-order chi connectivity index (χ0) is 14.8. The van der Waals surface area contributed by atoms with Crippen LogP contribution in [0.4, 0.5) is 5.82 Å². The van der Waals surface area contributed by atoms with Crippen LogP contribution in [0.1, 0.15) is 0 Å². The number of benzene rings is 1. The Morgan fingerprint density at radius 1 is 1.19 bits per heavy atom. The Balaban J connectivity index is 2.21. The molecule has 0 aliphatic rings. The van der Waals surface area contributed by atoms with Gasteiger partial charge < -0.3 is 10.5 Å². The Kier molecular flexibility index (Phi) is 3.50. The number of hydrogen-bond acceptors (Lipinski definition) is 4. The van der Waals surface area contributed by atoms with Crippen molar-refractivity contribution in [1.82, 2.24) is 15.2 Å². The molecule has 0 amide bonds. The molecule has 3 rings (SSSR count). The molecule has 0 saturated heterocycles. The molecular weight excluding hydrogens is 288 g/mol. The van der Waals surface area contributed by atoms with Crippen molar-refractivity contribution in [2.75, 3.05) is 12.8 Å². The number of anilines is 1. The normalized spacial score (nSPS) is 10.6. The van der Waals surface area contributed by atoms with E-state index in [1.165, 1.54) is 0 Å². The van der Waals surface area contributed by atoms with E-state index in [1.54, 1.807) is 31.6 Å². The Labute approximate surface area is 126 Å². The average Bonchev–Trinajstić information content (AvgIpc) is 2.89. The van der Waals surface area contributed by atoms with E-state index >= 15 is 0 Å². The molecule has 0 fully saturated rings. The second-order valence-corrected chi connectivity index (χ2v) is 4.88. The first kappa shape index (κ1) is 13.5. The Bertz CT molecular complexity index is 771. The van der Waals surface area contributed by atoms with Gasteiger partial charge in [-0.3, -0.25) is 10.1 Å². The molecule has 5 nitrogen and oxygen atoms in total. The number of aromatic amines is 1. The summed E-state index contributed by atoms with van der Waals surface area (Å²) in [4.78, 5) is 4.02. The number of pyridine rings is 1. The maximum atomic E-state index is 6.01. The van der Waals surface area contributed by atoms with Crippen molar-refractivity contribution in [2.45, 2.75) is 0 Å². The van der Waals surface area contributed by atoms with Crippen molar-refractivity contribution >= 4 is 17.4 Å². The summed E-state index contributed by atoms with van der Waals surface area (Å²) in [6.07, 6.45) is 3.43. The molecule has 0 aliphatic heterocycles. The molecule has 2 heterocycles. The number of hydrogen-bond donors (Lipinski definition) is 2. The number of ether oxygens (including phenoxy) is 1. The third-order valence-electron chi connectivity index (χ3n) is 3.20. The van der Waals surface area contributed by atoms with Gasteiger partial charge in [-0.2, -0.15) is 5.10 Å². The standard InChI is InChI=1S/C15H13ClN4O/c1-21-12-8-10(16)2-3-11(12)14-13(15(17)20-19-14)9-4-6-18-7-5-9/h2-8H,1H3,(H3,17,19,20). The third kappa shape index (κ3) is 2.43. The summed E-state index contributed by atoms with van der Waals surface area (Å²) >= 11 is 6.01. The van der Waals surface area contributed by atoms with Gasteiger partial charge in [-0.15, -0.1) is 0 Å². The van der Waals surface area contributed by atoms with Gasteiger partial charge in [-0.1, -0.05) is 11.6 Å². The van der Waals surface area contributed by atoms with E-state index in [1.807, 2.05) is 18.2 Å². The Morgan fingerprint density at radius 2 is 1.95 bits per heavy atom. The molecule has 3 N–H and O–H groups in total. The van der Waals surface area contributed by atoms with Gasteiger partial charge >= 0.3 is 0 Å². The zero-order valence-electron chi connectivity index (χ0n) is 11.3. The molecule has 0 radical (unpaired) electrons. The minimum atomic E-state index is 0.424. The molecule has 1 aromatic carbocycles. The summed E-state index contributed by atoms with van der Waals surface area (Å²) in [5.41, 5.74) is 9.38. The topological polar surface area (TPSA) is 76.8 Å². The van der Waals surface area contributed by atoms with E-state index in [0.717, 1.165) is 22.4 Å². The lowest BCUT2D eigenvalue weighted by Crippen LogP contribution is -1.91. The largest absolute Gasteiger partial charge is 0.496 e. The van der Waals surface area contributed by atoms with Gasteiger partial charge in [0.1, 0.15) is 5.75 Å². The van der Waals surface area contributed by atoms with E-state index < -0.39 is 0 Å². The first-order valence-corrected chi connectivity index (χ1v) is 6.66. The smallest absolute Gasteiger partial charge is 0.153 e. The summed E-state index contributed by atoms with van der Waals surface area (Å²) in [6.45, 7) is 0. The fraction of sp³-hybridized carbons (Fsp3) is 0.0667. The molecule has 0 saturated carbocycles. The highest BCUT2D eigenvalue weighted by Crippen LogP contribution is 2.39. The quantitative estimate of drug-likeness (QED) is 0.777. The Morgan fingerprint density at radius 3 is 2.67 bits per heavy atom. The van der Waals surface area contributed by atoms with Gasteiger partial charge in [0.2, 0.25) is 0 Å². The van der Waals surface area contributed by atoms with Crippen LogP contribution in [0.5, 0.6) is 5.75 Å². The van der Waals surface area contributed by atoms with Crippen LogP contribution in [-0.4, -0.2) is 22.3 Å². The number of methoxy groups -OCH3 is 1. The molecule has 6 heteroatoms. The summed E-state index contributed by atoms with van der Waals surface area (Å²) in [5.74, 6) is 1.08. The summed E-state index contributed by atoms with van der Waals surface area (Å²) < 4.78 is 5.40. The number of nitrogens with zero attached hydrogens (tertiary/aromatic N) is 2. The monoisotopic (exact) mass is 300 g/mol. The number of rotatable bonds is 3. The van der Waals surface area contributed by atoms with E-state index in [0.29, 0.717) is 16.6 Å². The van der Waals surface area contributed by atoms with Crippen molar-refractivity contribution in [3.8, 4) is 28.1 Å². The number of nitrogens with two attached hydrogens (primary N) is 1. The molecule has 0 aliphatic carbocycles. The van der Waals surface area contributed by atoms with Crippen LogP contribution in [0, 0.1) is 0 Å². The van der Waals surface area contributed by atoms with E-state index in [-0.39, 0.29) is 0 Å². The highest BCUT2D eigenvalue weighted by Gasteiger charge is 2.17. The van der Waals surface area contributed by atoms with Crippen LogP contribution in [0.25, 0.3) is 22.4 Å². The lowest BCUT2D eigenvalue weighted by molar-refractivity contribution is 0.416. The van der Waals surface area contributed by atoms with E-state index in [2.05, 4.69) is 15.2 Å². The van der Waals surface area contributed by atoms with Gasteiger partial charge in [0.25, 0.3) is 0 Å². The van der Waals surface area contributed by atoms with Gasteiger partial charge in [0.05, 0.1) is 18.4 Å². The highest BCUT2D eigenvalue weighted by molar-refractivity contribution is 6.30. The fourth-order valence-corrected chi connectivity index (χ4v) is 2.40. The van der Waals surface area contributed by atoms with Crippen LogP contribution >= 0.6 is 11.6 Å². The number of halogens is 1. The summed E-state index contributed by atoms with van der Waals surface area (Å²) in [7, 11) is 1.60. The van der Waals surface area contributed by atoms with Gasteiger partial charge in [0.15, 0.2) is 5.82 Å². The van der Waals surface area contributed by atoms with Crippen molar-refractivity contribution in [2.24, 2.45) is 0 Å². The maximum absolute atomic E-state index is 6.01. The SMILES string of the molecule is COc1cc(Cl)ccc1-c1[nH]nc(N)c1-c1ccncc1. The molecule has 3 aromatic rings. The molecule has 21 heavy (non-hydrogen) atoms. The molecule has 0 spiro atoms. The van der Waals surface area contributed by atoms with Crippen molar-refractivity contribution < 1.29 is 4.74 Å². The summed E-state index contributed by atoms with van der Waals surface area (Å²) in [6, 6.07) is 9.19. The molecule has 2 aromatic heterocycles. The number of aromatic nitrogens is 3. The maximum Gasteiger partial charge on any atom is 0.153 e. The molecule has 0 unspecified atom stereocenters. The zero-order valence-corrected chi connectivity index (χ0v) is 12.1. The molecule has 0 atom stereocenters. The van der Waals surface area contributed by atoms with Crippen LogP contribution in [0.15, 0.2) is 42.7 Å². The van der Waals surface area contributed by atoms with Gasteiger partial charge in [-0.25, -0.2) is 0 Å². The van der Waals surface area contributed by atoms with Gasteiger partial charge in [0, 0.05) is 23.0 Å². The summed E-state index contributed by atoms with van der Waals surface area (Å²) in [5, 5.41) is 7.68. The second-order valence-electron chi connectivity index (χ2n) is 4.44. The molecule has 106 valence electrons. The predicted octanol–water partition coefficient (Wildman–Crippen LogP) is 3.38. The lowest BCUT2D eigenvalue weighted by atomic mass is 10.0. The van der Waals surface area contributed by atoms with Gasteiger partial charge in [-0.05, 0) is 35.9 Å². The van der Waals surface area contributed by atoms with Crippen LogP contribution in [0.3, 0.4) is 0 Å². The number of H-pyrrole nitrogens is 1. The van der Waals surface area contributed by atoms with Crippen molar-refractivity contribution in [3.05, 3.63) is 47.7 Å². The van der Waals surface area contributed by atoms with Crippen molar-refractivity contribution in [3.63, 3.8) is 0 Å². The highest BCUT2D eigenvalue weighted by atomic mass is 35.5. The van der Waals surface area contributed by atoms with Crippen LogP contribution in [0.2, 0.25) is 5.02 Å². The van der Waals surface area contributed by atoms with Crippen molar-refractivity contribution in [1.29, 1.82) is 0 Å². The fourth-order valence-electron chi connectivity index (χ4n) is 2.23. The molecule has 0 bridgehead atoms. The Hall–Kier alpha value is -2.53. The molecular formula is C15H13ClN4O. The van der Waals surface area contributed by atoms with E-state index in [4.69, 9.17) is 22.1 Å². The van der Waals surface area contributed by atoms with E-state index in [9.17, 15) is 0 Å². The first-order valence-electron chi connectivity index (χ1n) is 6.29. The lowest BCUT2D eigenvalue weighted by Gasteiger charge is -2.09. The number of nitrogen functional groups attached to an aromatic ring is 1.